The molecule has 1 aliphatic rings. The van der Waals surface area contributed by atoms with Crippen molar-refractivity contribution in [1.29, 1.82) is 0 Å². The van der Waals surface area contributed by atoms with E-state index < -0.39 is 0 Å². The van der Waals surface area contributed by atoms with Gasteiger partial charge in [0, 0.05) is 18.5 Å². The minimum absolute atomic E-state index is 0. The summed E-state index contributed by atoms with van der Waals surface area (Å²) in [5.41, 5.74) is 11.5. The third kappa shape index (κ3) is 4.99. The number of aryl methyl sites for hydroxylation is 1. The van der Waals surface area contributed by atoms with E-state index in [0.29, 0.717) is 0 Å². The Morgan fingerprint density at radius 3 is 1.76 bits per heavy atom. The van der Waals surface area contributed by atoms with Gasteiger partial charge in [-0.05, 0) is 95.5 Å². The fraction of sp³-hybridized carbons (Fsp3) is 0.111. The summed E-state index contributed by atoms with van der Waals surface area (Å²) >= 11 is 0. The average molecular weight is 480 g/mol. The number of para-hydroxylation sites is 1. The first-order valence-electron chi connectivity index (χ1n) is 13.3. The maximum atomic E-state index is 2.42. The predicted octanol–water partition coefficient (Wildman–Crippen LogP) is 9.87. The van der Waals surface area contributed by atoms with Gasteiger partial charge in [0.1, 0.15) is 0 Å². The van der Waals surface area contributed by atoms with Crippen LogP contribution in [0, 0.1) is 0 Å². The van der Waals surface area contributed by atoms with Crippen molar-refractivity contribution in [2.45, 2.75) is 25.7 Å². The van der Waals surface area contributed by atoms with Gasteiger partial charge in [-0.3, -0.25) is 0 Å². The molecule has 0 radical (unpaired) electrons. The first kappa shape index (κ1) is 23.1. The molecule has 0 aromatic heterocycles. The molecule has 0 unspecified atom stereocenters. The highest BCUT2D eigenvalue weighted by molar-refractivity contribution is 5.91. The Morgan fingerprint density at radius 2 is 1.11 bits per heavy atom. The SMILES string of the molecule is C(=C(c1ccccc1)c1ccccc1)c1ccc(N(c2ccccc2)c2cccc3c2CCCC3)cc1.[HH]. The van der Waals surface area contributed by atoms with E-state index in [-0.39, 0.29) is 1.43 Å². The maximum Gasteiger partial charge on any atom is 0.0496 e. The number of fused-ring (bicyclic) bond motifs is 1. The van der Waals surface area contributed by atoms with E-state index >= 15 is 0 Å². The Hall–Kier alpha value is -4.36. The minimum Gasteiger partial charge on any atom is -0.310 e. The van der Waals surface area contributed by atoms with Gasteiger partial charge in [-0.15, -0.1) is 0 Å². The Kier molecular flexibility index (Phi) is 6.68. The number of hydrogen-bond donors (Lipinski definition) is 0. The zero-order valence-electron chi connectivity index (χ0n) is 21.1. The predicted molar refractivity (Wildman–Crippen MR) is 160 cm³/mol. The Morgan fingerprint density at radius 1 is 0.541 bits per heavy atom. The monoisotopic (exact) mass is 479 g/mol. The maximum absolute atomic E-state index is 2.42. The highest BCUT2D eigenvalue weighted by atomic mass is 15.1. The third-order valence-corrected chi connectivity index (χ3v) is 7.26. The van der Waals surface area contributed by atoms with Crippen LogP contribution < -0.4 is 4.90 Å². The highest BCUT2D eigenvalue weighted by Crippen LogP contribution is 2.40. The summed E-state index contributed by atoms with van der Waals surface area (Å²) in [7, 11) is 0. The van der Waals surface area contributed by atoms with Gasteiger partial charge < -0.3 is 4.90 Å². The normalized spacial score (nSPS) is 12.4. The summed E-state index contributed by atoms with van der Waals surface area (Å²) in [5, 5.41) is 0. The van der Waals surface area contributed by atoms with Gasteiger partial charge >= 0.3 is 0 Å². The van der Waals surface area contributed by atoms with Gasteiger partial charge in [0.15, 0.2) is 0 Å². The van der Waals surface area contributed by atoms with Gasteiger partial charge in [0.25, 0.3) is 0 Å². The van der Waals surface area contributed by atoms with Crippen LogP contribution in [0.2, 0.25) is 0 Å². The molecule has 0 saturated heterocycles. The fourth-order valence-corrected chi connectivity index (χ4v) is 5.43. The van der Waals surface area contributed by atoms with E-state index in [1.54, 1.807) is 0 Å². The molecule has 182 valence electrons. The van der Waals surface area contributed by atoms with Crippen molar-refractivity contribution in [3.05, 3.63) is 161 Å². The lowest BCUT2D eigenvalue weighted by Crippen LogP contribution is -2.15. The second-order valence-electron chi connectivity index (χ2n) is 9.67. The Balaban J connectivity index is 0.00000294. The number of anilines is 3. The van der Waals surface area contributed by atoms with E-state index in [9.17, 15) is 0 Å². The zero-order valence-corrected chi connectivity index (χ0v) is 21.1. The summed E-state index contributed by atoms with van der Waals surface area (Å²) in [6, 6.07) is 47.9. The van der Waals surface area contributed by atoms with Crippen LogP contribution in [0.5, 0.6) is 0 Å². The van der Waals surface area contributed by atoms with Crippen molar-refractivity contribution < 1.29 is 1.43 Å². The number of nitrogens with zero attached hydrogens (tertiary/aromatic N) is 1. The molecule has 0 spiro atoms. The van der Waals surface area contributed by atoms with Crippen LogP contribution in [0.25, 0.3) is 11.6 Å². The molecule has 0 amide bonds. The molecule has 0 aliphatic heterocycles. The molecule has 0 atom stereocenters. The van der Waals surface area contributed by atoms with Crippen molar-refractivity contribution in [2.75, 3.05) is 4.90 Å². The first-order chi connectivity index (χ1) is 18.4. The highest BCUT2D eigenvalue weighted by Gasteiger charge is 2.20. The topological polar surface area (TPSA) is 3.24 Å². The molecular weight excluding hydrogens is 446 g/mol. The quantitative estimate of drug-likeness (QED) is 0.219. The van der Waals surface area contributed by atoms with Crippen LogP contribution in [0.4, 0.5) is 17.1 Å². The molecule has 0 saturated carbocycles. The molecule has 37 heavy (non-hydrogen) atoms. The van der Waals surface area contributed by atoms with Crippen molar-refractivity contribution in [3.8, 4) is 0 Å². The lowest BCUT2D eigenvalue weighted by molar-refractivity contribution is 0.686. The fourth-order valence-electron chi connectivity index (χ4n) is 5.43. The van der Waals surface area contributed by atoms with Crippen LogP contribution >= 0.6 is 0 Å². The van der Waals surface area contributed by atoms with Gasteiger partial charge in [-0.2, -0.15) is 0 Å². The van der Waals surface area contributed by atoms with E-state index in [1.807, 2.05) is 0 Å². The van der Waals surface area contributed by atoms with Crippen LogP contribution in [0.3, 0.4) is 0 Å². The van der Waals surface area contributed by atoms with E-state index in [0.717, 1.165) is 6.42 Å². The van der Waals surface area contributed by atoms with Gasteiger partial charge in [0.2, 0.25) is 0 Å². The lowest BCUT2D eigenvalue weighted by atomic mass is 9.90. The van der Waals surface area contributed by atoms with Gasteiger partial charge in [0.05, 0.1) is 0 Å². The molecule has 0 bridgehead atoms. The second-order valence-corrected chi connectivity index (χ2v) is 9.67. The van der Waals surface area contributed by atoms with Crippen molar-refractivity contribution in [3.63, 3.8) is 0 Å². The molecule has 0 N–H and O–H groups in total. The first-order valence-corrected chi connectivity index (χ1v) is 13.3. The molecule has 1 heteroatoms. The van der Waals surface area contributed by atoms with Gasteiger partial charge in [-0.1, -0.05) is 103 Å². The molecule has 1 aliphatic carbocycles. The number of rotatable bonds is 6. The molecule has 6 rings (SSSR count). The smallest absolute Gasteiger partial charge is 0.0496 e. The summed E-state index contributed by atoms with van der Waals surface area (Å²) in [6.45, 7) is 0. The Bertz CT molecular complexity index is 1450. The van der Waals surface area contributed by atoms with Crippen molar-refractivity contribution in [1.82, 2.24) is 0 Å². The third-order valence-electron chi connectivity index (χ3n) is 7.26. The van der Waals surface area contributed by atoms with Crippen LogP contribution in [-0.4, -0.2) is 0 Å². The van der Waals surface area contributed by atoms with Gasteiger partial charge in [-0.25, -0.2) is 0 Å². The largest absolute Gasteiger partial charge is 0.310 e. The molecule has 1 nitrogen and oxygen atoms in total. The van der Waals surface area contributed by atoms with E-state index in [1.165, 1.54) is 69.7 Å². The number of benzene rings is 5. The van der Waals surface area contributed by atoms with Crippen LogP contribution in [0.1, 0.15) is 42.1 Å². The summed E-state index contributed by atoms with van der Waals surface area (Å²) in [6.07, 6.45) is 7.17. The molecule has 0 heterocycles. The Labute approximate surface area is 221 Å². The molecule has 5 aromatic rings. The molecule has 0 fully saturated rings. The van der Waals surface area contributed by atoms with Crippen LogP contribution in [0.15, 0.2) is 133 Å². The van der Waals surface area contributed by atoms with E-state index in [2.05, 4.69) is 144 Å². The van der Waals surface area contributed by atoms with Crippen LogP contribution in [-0.2, 0) is 12.8 Å². The minimum atomic E-state index is 0. The van der Waals surface area contributed by atoms with E-state index in [4.69, 9.17) is 0 Å². The lowest BCUT2D eigenvalue weighted by Gasteiger charge is -2.30. The van der Waals surface area contributed by atoms with Crippen molar-refractivity contribution in [2.24, 2.45) is 0 Å². The molecular formula is C36H33N. The number of hydrogen-bond acceptors (Lipinski definition) is 1. The zero-order chi connectivity index (χ0) is 24.9. The second kappa shape index (κ2) is 10.7. The molecule has 5 aromatic carbocycles. The summed E-state index contributed by atoms with van der Waals surface area (Å²) < 4.78 is 0. The van der Waals surface area contributed by atoms with Crippen molar-refractivity contribution >= 4 is 28.7 Å². The average Bonchev–Trinajstić information content (AvgIpc) is 2.98. The summed E-state index contributed by atoms with van der Waals surface area (Å²) in [4.78, 5) is 2.42. The standard InChI is InChI=1S/C36H31N.H2/c1-4-13-30(14-5-1)35(31-15-6-2-7-16-31)27-28-23-25-33(26-24-28)37(32-19-8-3-9-20-32)36-22-12-18-29-17-10-11-21-34(29)36;/h1-9,12-16,18-20,22-27H,10-11,17,21H2;1H. The summed E-state index contributed by atoms with van der Waals surface area (Å²) in [5.74, 6) is 0.